The minimum Gasteiger partial charge on any atom is -0.324 e. The highest BCUT2D eigenvalue weighted by Crippen LogP contribution is 2.31. The predicted octanol–water partition coefficient (Wildman–Crippen LogP) is 4.21. The number of hydrogen-bond donors (Lipinski definition) is 1. The van der Waals surface area contributed by atoms with Gasteiger partial charge in [0, 0.05) is 30.6 Å². The standard InChI is InChI=1S/C17H21FN4OS/c1-11(2)15-10-24-16(20-15)12-4-3-7-22(9-12)17(23)21-14-5-6-19-8-13(14)18/h5-6,8,10-12H,3-4,7,9H2,1-2H3,(H,19,21,23)/t12-/m1/s1. The highest BCUT2D eigenvalue weighted by atomic mass is 32.1. The Morgan fingerprint density at radius 1 is 1.50 bits per heavy atom. The van der Waals surface area contributed by atoms with Gasteiger partial charge in [-0.15, -0.1) is 11.3 Å². The number of hydrogen-bond acceptors (Lipinski definition) is 4. The molecule has 5 nitrogen and oxygen atoms in total. The highest BCUT2D eigenvalue weighted by molar-refractivity contribution is 7.09. The lowest BCUT2D eigenvalue weighted by molar-refractivity contribution is 0.192. The molecule has 3 heterocycles. The smallest absolute Gasteiger partial charge is 0.321 e. The maximum Gasteiger partial charge on any atom is 0.321 e. The van der Waals surface area contributed by atoms with Crippen molar-refractivity contribution >= 4 is 23.1 Å². The molecule has 3 rings (SSSR count). The number of nitrogens with one attached hydrogen (secondary N) is 1. The maximum absolute atomic E-state index is 13.6. The number of thiazole rings is 1. The number of likely N-dealkylation sites (tertiary alicyclic amines) is 1. The van der Waals surface area contributed by atoms with Crippen LogP contribution < -0.4 is 5.32 Å². The summed E-state index contributed by atoms with van der Waals surface area (Å²) in [7, 11) is 0. The van der Waals surface area contributed by atoms with Crippen molar-refractivity contribution in [2.75, 3.05) is 18.4 Å². The number of aromatic nitrogens is 2. The minimum absolute atomic E-state index is 0.161. The maximum atomic E-state index is 13.6. The van der Waals surface area contributed by atoms with Crippen molar-refractivity contribution in [3.8, 4) is 0 Å². The van der Waals surface area contributed by atoms with Crippen LogP contribution in [0.5, 0.6) is 0 Å². The van der Waals surface area contributed by atoms with E-state index in [-0.39, 0.29) is 17.6 Å². The number of pyridine rings is 1. The Morgan fingerprint density at radius 3 is 3.04 bits per heavy atom. The van der Waals surface area contributed by atoms with Gasteiger partial charge in [-0.2, -0.15) is 0 Å². The van der Waals surface area contributed by atoms with Crippen LogP contribution in [-0.2, 0) is 0 Å². The summed E-state index contributed by atoms with van der Waals surface area (Å²) in [4.78, 5) is 22.6. The first-order valence-corrected chi connectivity index (χ1v) is 9.03. The zero-order valence-corrected chi connectivity index (χ0v) is 14.6. The fraction of sp³-hybridized carbons (Fsp3) is 0.471. The number of halogens is 1. The number of rotatable bonds is 3. The summed E-state index contributed by atoms with van der Waals surface area (Å²) in [6.07, 6.45) is 4.50. The molecule has 1 aliphatic heterocycles. The molecule has 2 amide bonds. The van der Waals surface area contributed by atoms with Gasteiger partial charge in [-0.25, -0.2) is 14.2 Å². The zero-order valence-electron chi connectivity index (χ0n) is 13.8. The Balaban J connectivity index is 1.66. The lowest BCUT2D eigenvalue weighted by Gasteiger charge is -2.31. The van der Waals surface area contributed by atoms with E-state index in [0.717, 1.165) is 29.7 Å². The van der Waals surface area contributed by atoms with Crippen molar-refractivity contribution in [1.29, 1.82) is 0 Å². The molecule has 7 heteroatoms. The fourth-order valence-electron chi connectivity index (χ4n) is 2.79. The zero-order chi connectivity index (χ0) is 17.1. The first kappa shape index (κ1) is 16.8. The van der Waals surface area contributed by atoms with Gasteiger partial charge in [0.2, 0.25) is 0 Å². The van der Waals surface area contributed by atoms with Crippen LogP contribution in [0.2, 0.25) is 0 Å². The quantitative estimate of drug-likeness (QED) is 0.904. The van der Waals surface area contributed by atoms with Gasteiger partial charge in [0.05, 0.1) is 22.6 Å². The van der Waals surface area contributed by atoms with Crippen molar-refractivity contribution in [2.45, 2.75) is 38.5 Å². The number of urea groups is 1. The third-order valence-corrected chi connectivity index (χ3v) is 5.23. The highest BCUT2D eigenvalue weighted by Gasteiger charge is 2.27. The molecule has 1 aliphatic rings. The van der Waals surface area contributed by atoms with E-state index in [1.165, 1.54) is 12.3 Å². The van der Waals surface area contributed by atoms with Gasteiger partial charge in [-0.1, -0.05) is 13.8 Å². The molecule has 1 N–H and O–H groups in total. The topological polar surface area (TPSA) is 58.1 Å². The number of amides is 2. The average Bonchev–Trinajstić information content (AvgIpc) is 3.07. The molecule has 1 atom stereocenters. The van der Waals surface area contributed by atoms with Crippen molar-refractivity contribution in [2.24, 2.45) is 0 Å². The molecule has 2 aromatic rings. The van der Waals surface area contributed by atoms with Gasteiger partial charge in [-0.3, -0.25) is 4.98 Å². The third kappa shape index (κ3) is 3.72. The molecular formula is C17H21FN4OS. The van der Waals surface area contributed by atoms with E-state index in [1.807, 2.05) is 0 Å². The molecule has 2 aromatic heterocycles. The normalized spacial score (nSPS) is 18.0. The Labute approximate surface area is 144 Å². The summed E-state index contributed by atoms with van der Waals surface area (Å²) in [5.74, 6) is 0.137. The van der Waals surface area contributed by atoms with Crippen LogP contribution in [0.15, 0.2) is 23.8 Å². The molecule has 0 saturated carbocycles. The largest absolute Gasteiger partial charge is 0.324 e. The van der Waals surface area contributed by atoms with E-state index in [2.05, 4.69) is 29.5 Å². The number of carbonyl (C=O) groups is 1. The second-order valence-electron chi connectivity index (χ2n) is 6.34. The van der Waals surface area contributed by atoms with Crippen LogP contribution in [0.3, 0.4) is 0 Å². The van der Waals surface area contributed by atoms with Crippen LogP contribution in [-0.4, -0.2) is 34.0 Å². The number of anilines is 1. The molecule has 0 aliphatic carbocycles. The van der Waals surface area contributed by atoms with Gasteiger partial charge in [-0.05, 0) is 24.8 Å². The third-order valence-electron chi connectivity index (χ3n) is 4.20. The van der Waals surface area contributed by atoms with E-state index in [1.54, 1.807) is 16.2 Å². The average molecular weight is 348 g/mol. The molecule has 0 unspecified atom stereocenters. The fourth-order valence-corrected chi connectivity index (χ4v) is 3.90. The molecule has 24 heavy (non-hydrogen) atoms. The molecule has 0 aromatic carbocycles. The lowest BCUT2D eigenvalue weighted by Crippen LogP contribution is -2.41. The summed E-state index contributed by atoms with van der Waals surface area (Å²) in [5, 5.41) is 5.82. The van der Waals surface area contributed by atoms with Crippen molar-refractivity contribution in [3.63, 3.8) is 0 Å². The van der Waals surface area contributed by atoms with E-state index in [0.29, 0.717) is 19.0 Å². The number of carbonyl (C=O) groups excluding carboxylic acids is 1. The Kier molecular flexibility index (Phi) is 5.08. The first-order chi connectivity index (χ1) is 11.5. The van der Waals surface area contributed by atoms with Gasteiger partial charge < -0.3 is 10.2 Å². The van der Waals surface area contributed by atoms with Gasteiger partial charge in [0.25, 0.3) is 0 Å². The van der Waals surface area contributed by atoms with Gasteiger partial charge >= 0.3 is 6.03 Å². The summed E-state index contributed by atoms with van der Waals surface area (Å²) in [6.45, 7) is 5.55. The van der Waals surface area contributed by atoms with Crippen LogP contribution in [0.4, 0.5) is 14.9 Å². The summed E-state index contributed by atoms with van der Waals surface area (Å²) in [5.41, 5.74) is 1.27. The Hall–Kier alpha value is -2.02. The van der Waals surface area contributed by atoms with Crippen molar-refractivity contribution in [3.05, 3.63) is 40.4 Å². The first-order valence-electron chi connectivity index (χ1n) is 8.15. The molecule has 0 radical (unpaired) electrons. The van der Waals surface area contributed by atoms with Gasteiger partial charge in [0.1, 0.15) is 0 Å². The minimum atomic E-state index is -0.527. The molecular weight excluding hydrogens is 327 g/mol. The molecule has 0 bridgehead atoms. The SMILES string of the molecule is CC(C)c1csc([C@@H]2CCCN(C(=O)Nc3ccncc3F)C2)n1. The summed E-state index contributed by atoms with van der Waals surface area (Å²) >= 11 is 1.67. The number of piperidine rings is 1. The lowest BCUT2D eigenvalue weighted by atomic mass is 9.99. The van der Waals surface area contributed by atoms with Crippen LogP contribution in [0.25, 0.3) is 0 Å². The second kappa shape index (κ2) is 7.25. The van der Waals surface area contributed by atoms with Crippen LogP contribution in [0.1, 0.15) is 49.2 Å². The van der Waals surface area contributed by atoms with Crippen LogP contribution in [0, 0.1) is 5.82 Å². The van der Waals surface area contributed by atoms with E-state index >= 15 is 0 Å². The molecule has 0 spiro atoms. The van der Waals surface area contributed by atoms with E-state index in [9.17, 15) is 9.18 Å². The summed E-state index contributed by atoms with van der Waals surface area (Å²) < 4.78 is 13.6. The second-order valence-corrected chi connectivity index (χ2v) is 7.23. The monoisotopic (exact) mass is 348 g/mol. The number of nitrogens with zero attached hydrogens (tertiary/aromatic N) is 3. The van der Waals surface area contributed by atoms with E-state index < -0.39 is 5.82 Å². The van der Waals surface area contributed by atoms with Gasteiger partial charge in [0.15, 0.2) is 5.82 Å². The molecule has 128 valence electrons. The van der Waals surface area contributed by atoms with E-state index in [4.69, 9.17) is 4.98 Å². The van der Waals surface area contributed by atoms with Crippen molar-refractivity contribution in [1.82, 2.24) is 14.9 Å². The molecule has 1 saturated heterocycles. The Bertz CT molecular complexity index is 718. The summed E-state index contributed by atoms with van der Waals surface area (Å²) in [6, 6.07) is 1.19. The Morgan fingerprint density at radius 2 is 2.33 bits per heavy atom. The van der Waals surface area contributed by atoms with Crippen molar-refractivity contribution < 1.29 is 9.18 Å². The van der Waals surface area contributed by atoms with Crippen LogP contribution >= 0.6 is 11.3 Å². The predicted molar refractivity (Wildman–Crippen MR) is 93.0 cm³/mol. The molecule has 1 fully saturated rings.